The number of carbonyl (C=O) groups excluding carboxylic acids is 1. The molecule has 0 spiro atoms. The van der Waals surface area contributed by atoms with Crippen LogP contribution in [0.25, 0.3) is 0 Å². The van der Waals surface area contributed by atoms with Crippen molar-refractivity contribution >= 4 is 28.5 Å². The maximum atomic E-state index is 11.7. The van der Waals surface area contributed by atoms with E-state index in [2.05, 4.69) is 27.9 Å². The van der Waals surface area contributed by atoms with Crippen molar-refractivity contribution in [3.05, 3.63) is 35.4 Å². The molecule has 2 N–H and O–H groups in total. The number of hydrogen-bond donors (Lipinski definition) is 2. The monoisotopic (exact) mass is 345 g/mol. The van der Waals surface area contributed by atoms with Crippen LogP contribution >= 0.6 is 22.6 Å². The van der Waals surface area contributed by atoms with Gasteiger partial charge >= 0.3 is 0 Å². The molecule has 0 heterocycles. The van der Waals surface area contributed by atoms with Gasteiger partial charge in [0.15, 0.2) is 0 Å². The third kappa shape index (κ3) is 3.67. The smallest absolute Gasteiger partial charge is 0.251 e. The van der Waals surface area contributed by atoms with Crippen molar-refractivity contribution in [1.29, 1.82) is 0 Å². The lowest BCUT2D eigenvalue weighted by atomic mass is 10.1. The highest BCUT2D eigenvalue weighted by Gasteiger charge is 2.23. The molecular weight excluding hydrogens is 329 g/mol. The molecule has 1 amide bonds. The van der Waals surface area contributed by atoms with E-state index in [0.29, 0.717) is 11.6 Å². The molecule has 0 radical (unpaired) electrons. The second-order valence-corrected chi connectivity index (χ2v) is 5.44. The van der Waals surface area contributed by atoms with E-state index in [1.54, 1.807) is 12.1 Å². The Labute approximate surface area is 115 Å². The third-order valence-electron chi connectivity index (χ3n) is 2.85. The molecule has 1 unspecified atom stereocenters. The van der Waals surface area contributed by atoms with E-state index in [1.165, 1.54) is 0 Å². The van der Waals surface area contributed by atoms with Crippen LogP contribution in [0, 0.1) is 0 Å². The van der Waals surface area contributed by atoms with Gasteiger partial charge in [0.25, 0.3) is 5.91 Å². The lowest BCUT2D eigenvalue weighted by Crippen LogP contribution is -2.25. The summed E-state index contributed by atoms with van der Waals surface area (Å²) in [6.45, 7) is 0. The summed E-state index contributed by atoms with van der Waals surface area (Å²) in [6.07, 6.45) is 2.51. The van der Waals surface area contributed by atoms with Crippen LogP contribution in [0.3, 0.4) is 0 Å². The number of aliphatic hydroxyl groups excluding tert-OH is 1. The van der Waals surface area contributed by atoms with Crippen molar-refractivity contribution in [2.45, 2.75) is 31.4 Å². The molecular formula is C13H16INO2. The first-order chi connectivity index (χ1) is 8.20. The fraction of sp³-hybridized carbons (Fsp3) is 0.462. The second kappa shape index (κ2) is 5.82. The number of carbonyl (C=O) groups is 1. The van der Waals surface area contributed by atoms with Crippen molar-refractivity contribution in [2.24, 2.45) is 0 Å². The molecule has 1 aliphatic carbocycles. The molecule has 1 aromatic rings. The van der Waals surface area contributed by atoms with E-state index in [1.807, 2.05) is 12.1 Å². The molecule has 0 aliphatic heterocycles. The number of halogens is 1. The molecule has 1 atom stereocenters. The summed E-state index contributed by atoms with van der Waals surface area (Å²) < 4.78 is 0.919. The number of amides is 1. The fourth-order valence-corrected chi connectivity index (χ4v) is 2.21. The predicted molar refractivity (Wildman–Crippen MR) is 75.4 cm³/mol. The zero-order valence-corrected chi connectivity index (χ0v) is 11.7. The minimum Gasteiger partial charge on any atom is -0.388 e. The summed E-state index contributed by atoms with van der Waals surface area (Å²) in [5, 5.41) is 12.7. The molecule has 0 saturated heterocycles. The average Bonchev–Trinajstić information content (AvgIpc) is 3.13. The molecule has 0 bridgehead atoms. The van der Waals surface area contributed by atoms with E-state index in [9.17, 15) is 9.90 Å². The highest BCUT2D eigenvalue weighted by atomic mass is 127. The van der Waals surface area contributed by atoms with Gasteiger partial charge in [-0.2, -0.15) is 0 Å². The average molecular weight is 345 g/mol. The molecule has 1 aliphatic rings. The van der Waals surface area contributed by atoms with Gasteiger partial charge in [-0.3, -0.25) is 4.79 Å². The van der Waals surface area contributed by atoms with E-state index >= 15 is 0 Å². The van der Waals surface area contributed by atoms with Crippen LogP contribution in [0.15, 0.2) is 24.3 Å². The standard InChI is InChI=1S/C13H16INO2/c14-8-7-12(16)9-1-3-10(4-2-9)13(17)15-11-5-6-11/h1-4,11-12,16H,5-8H2,(H,15,17). The fourth-order valence-electron chi connectivity index (χ4n) is 1.62. The molecule has 2 rings (SSSR count). The van der Waals surface area contributed by atoms with Crippen LogP contribution < -0.4 is 5.32 Å². The molecule has 0 aromatic heterocycles. The van der Waals surface area contributed by atoms with Crippen molar-refractivity contribution in [2.75, 3.05) is 4.43 Å². The lowest BCUT2D eigenvalue weighted by molar-refractivity contribution is 0.0951. The van der Waals surface area contributed by atoms with Crippen LogP contribution in [0.1, 0.15) is 41.3 Å². The minimum absolute atomic E-state index is 0.0116. The highest BCUT2D eigenvalue weighted by Crippen LogP contribution is 2.21. The van der Waals surface area contributed by atoms with Crippen molar-refractivity contribution in [3.63, 3.8) is 0 Å². The summed E-state index contributed by atoms with van der Waals surface area (Å²) in [7, 11) is 0. The minimum atomic E-state index is -0.424. The summed E-state index contributed by atoms with van der Waals surface area (Å²) in [5.74, 6) is -0.0116. The van der Waals surface area contributed by atoms with Gasteiger partial charge < -0.3 is 10.4 Å². The summed E-state index contributed by atoms with van der Waals surface area (Å²) in [6, 6.07) is 7.61. The normalized spacial score (nSPS) is 16.6. The highest BCUT2D eigenvalue weighted by molar-refractivity contribution is 14.1. The number of rotatable bonds is 5. The van der Waals surface area contributed by atoms with Crippen LogP contribution in [-0.4, -0.2) is 21.5 Å². The maximum Gasteiger partial charge on any atom is 0.251 e. The number of nitrogens with one attached hydrogen (secondary N) is 1. The Hall–Kier alpha value is -0.620. The quantitative estimate of drug-likeness (QED) is 0.636. The first-order valence-electron chi connectivity index (χ1n) is 5.85. The Balaban J connectivity index is 1.98. The van der Waals surface area contributed by atoms with Crippen molar-refractivity contribution < 1.29 is 9.90 Å². The van der Waals surface area contributed by atoms with Crippen molar-refractivity contribution in [1.82, 2.24) is 5.32 Å². The number of alkyl halides is 1. The summed E-state index contributed by atoms with van der Waals surface area (Å²) in [5.41, 5.74) is 1.55. The zero-order chi connectivity index (χ0) is 12.3. The van der Waals surface area contributed by atoms with Gasteiger partial charge in [-0.05, 0) is 37.0 Å². The van der Waals surface area contributed by atoms with E-state index in [4.69, 9.17) is 0 Å². The van der Waals surface area contributed by atoms with Crippen LogP contribution in [0.2, 0.25) is 0 Å². The summed E-state index contributed by atoms with van der Waals surface area (Å²) in [4.78, 5) is 11.7. The maximum absolute atomic E-state index is 11.7. The Kier molecular flexibility index (Phi) is 4.39. The first-order valence-corrected chi connectivity index (χ1v) is 7.38. The molecule has 3 nitrogen and oxygen atoms in total. The first kappa shape index (κ1) is 12.8. The van der Waals surface area contributed by atoms with Gasteiger partial charge in [-0.25, -0.2) is 0 Å². The third-order valence-corrected chi connectivity index (χ3v) is 3.48. The molecule has 1 saturated carbocycles. The van der Waals surface area contributed by atoms with Gasteiger partial charge in [0.2, 0.25) is 0 Å². The summed E-state index contributed by atoms with van der Waals surface area (Å²) >= 11 is 2.24. The van der Waals surface area contributed by atoms with Crippen molar-refractivity contribution in [3.8, 4) is 0 Å². The second-order valence-electron chi connectivity index (χ2n) is 4.36. The molecule has 92 valence electrons. The van der Waals surface area contributed by atoms with E-state index < -0.39 is 6.10 Å². The molecule has 1 aromatic carbocycles. The Morgan fingerprint density at radius 3 is 2.59 bits per heavy atom. The number of hydrogen-bond acceptors (Lipinski definition) is 2. The molecule has 17 heavy (non-hydrogen) atoms. The SMILES string of the molecule is O=C(NC1CC1)c1ccc(C(O)CCI)cc1. The molecule has 1 fully saturated rings. The Morgan fingerprint density at radius 2 is 2.06 bits per heavy atom. The lowest BCUT2D eigenvalue weighted by Gasteiger charge is -2.10. The topological polar surface area (TPSA) is 49.3 Å². The largest absolute Gasteiger partial charge is 0.388 e. The van der Waals surface area contributed by atoms with Crippen LogP contribution in [0.4, 0.5) is 0 Å². The Bertz CT molecular complexity index is 387. The van der Waals surface area contributed by atoms with Gasteiger partial charge in [-0.15, -0.1) is 0 Å². The number of aliphatic hydroxyl groups is 1. The van der Waals surface area contributed by atoms with Crippen LogP contribution in [-0.2, 0) is 0 Å². The predicted octanol–water partition coefficient (Wildman–Crippen LogP) is 2.44. The zero-order valence-electron chi connectivity index (χ0n) is 9.53. The van der Waals surface area contributed by atoms with Crippen LogP contribution in [0.5, 0.6) is 0 Å². The van der Waals surface area contributed by atoms with Gasteiger partial charge in [0, 0.05) is 16.0 Å². The molecule has 4 heteroatoms. The van der Waals surface area contributed by atoms with E-state index in [0.717, 1.165) is 29.3 Å². The Morgan fingerprint density at radius 1 is 1.41 bits per heavy atom. The van der Waals surface area contributed by atoms with Gasteiger partial charge in [0.1, 0.15) is 0 Å². The number of benzene rings is 1. The van der Waals surface area contributed by atoms with E-state index in [-0.39, 0.29) is 5.91 Å². The van der Waals surface area contributed by atoms with Gasteiger partial charge in [0.05, 0.1) is 6.10 Å². The van der Waals surface area contributed by atoms with Gasteiger partial charge in [-0.1, -0.05) is 34.7 Å².